The Labute approximate surface area is 133 Å². The molecule has 1 fully saturated rings. The van der Waals surface area contributed by atoms with Gasteiger partial charge in [0, 0.05) is 17.8 Å². The lowest BCUT2D eigenvalue weighted by Crippen LogP contribution is -2.29. The minimum atomic E-state index is -0.162. The van der Waals surface area contributed by atoms with Gasteiger partial charge in [-0.05, 0) is 44.3 Å². The van der Waals surface area contributed by atoms with Gasteiger partial charge in [0.15, 0.2) is 5.11 Å². The van der Waals surface area contributed by atoms with Gasteiger partial charge in [-0.15, -0.1) is 0 Å². The van der Waals surface area contributed by atoms with E-state index in [4.69, 9.17) is 16.6 Å². The molecule has 0 aromatic carbocycles. The zero-order valence-electron chi connectivity index (χ0n) is 12.4. The molecule has 0 saturated carbocycles. The van der Waals surface area contributed by atoms with Gasteiger partial charge in [0.2, 0.25) is 0 Å². The fourth-order valence-electron chi connectivity index (χ4n) is 2.35. The Morgan fingerprint density at radius 2 is 2.32 bits per heavy atom. The van der Waals surface area contributed by atoms with Gasteiger partial charge >= 0.3 is 0 Å². The molecule has 0 radical (unpaired) electrons. The molecule has 1 aliphatic heterocycles. The van der Waals surface area contributed by atoms with Gasteiger partial charge in [0.25, 0.3) is 5.91 Å². The molecule has 2 aromatic rings. The Morgan fingerprint density at radius 3 is 2.95 bits per heavy atom. The number of hydrogen-bond donors (Lipinski definition) is 1. The molecule has 0 atom stereocenters. The third-order valence-electron chi connectivity index (χ3n) is 3.60. The number of amides is 1. The summed E-state index contributed by atoms with van der Waals surface area (Å²) in [6.07, 6.45) is 5.11. The van der Waals surface area contributed by atoms with Crippen LogP contribution in [0.2, 0.25) is 0 Å². The summed E-state index contributed by atoms with van der Waals surface area (Å²) in [5, 5.41) is 7.61. The fraction of sp³-hybridized carbons (Fsp3) is 0.267. The Balaban J connectivity index is 1.83. The molecule has 0 unspecified atom stereocenters. The van der Waals surface area contributed by atoms with Crippen molar-refractivity contribution in [2.24, 2.45) is 0 Å². The highest BCUT2D eigenvalue weighted by molar-refractivity contribution is 7.80. The number of thiocarbonyl (C=S) groups is 1. The predicted molar refractivity (Wildman–Crippen MR) is 85.6 cm³/mol. The summed E-state index contributed by atoms with van der Waals surface area (Å²) in [4.78, 5) is 14.0. The topological polar surface area (TPSA) is 63.3 Å². The number of nitrogens with zero attached hydrogens (tertiary/aromatic N) is 3. The summed E-state index contributed by atoms with van der Waals surface area (Å²) in [7, 11) is 0. The molecule has 0 bridgehead atoms. The van der Waals surface area contributed by atoms with Gasteiger partial charge in [0.1, 0.15) is 11.5 Å². The van der Waals surface area contributed by atoms with E-state index in [0.29, 0.717) is 23.1 Å². The van der Waals surface area contributed by atoms with Gasteiger partial charge in [-0.3, -0.25) is 14.4 Å². The molecule has 6 nitrogen and oxygen atoms in total. The van der Waals surface area contributed by atoms with E-state index in [9.17, 15) is 4.79 Å². The second kappa shape index (κ2) is 5.76. The first-order valence-electron chi connectivity index (χ1n) is 6.99. The van der Waals surface area contributed by atoms with Gasteiger partial charge in [-0.2, -0.15) is 5.10 Å². The van der Waals surface area contributed by atoms with Gasteiger partial charge < -0.3 is 9.73 Å². The van der Waals surface area contributed by atoms with Crippen LogP contribution in [-0.2, 0) is 17.9 Å². The average Bonchev–Trinajstić information content (AvgIpc) is 3.19. The van der Waals surface area contributed by atoms with Crippen molar-refractivity contribution in [2.75, 3.05) is 0 Å². The van der Waals surface area contributed by atoms with E-state index >= 15 is 0 Å². The highest BCUT2D eigenvalue weighted by atomic mass is 32.1. The van der Waals surface area contributed by atoms with Crippen LogP contribution < -0.4 is 5.32 Å². The normalized spacial score (nSPS) is 16.6. The summed E-state index contributed by atoms with van der Waals surface area (Å²) < 4.78 is 7.15. The minimum absolute atomic E-state index is 0.162. The summed E-state index contributed by atoms with van der Waals surface area (Å²) in [6, 6.07) is 3.60. The maximum atomic E-state index is 12.5. The van der Waals surface area contributed by atoms with Gasteiger partial charge in [0.05, 0.1) is 19.0 Å². The van der Waals surface area contributed by atoms with Crippen LogP contribution in [0.5, 0.6) is 0 Å². The first-order chi connectivity index (χ1) is 10.6. The third kappa shape index (κ3) is 2.55. The fourth-order valence-corrected chi connectivity index (χ4v) is 2.61. The van der Waals surface area contributed by atoms with Crippen LogP contribution in [0.3, 0.4) is 0 Å². The molecule has 22 heavy (non-hydrogen) atoms. The van der Waals surface area contributed by atoms with E-state index < -0.39 is 0 Å². The highest BCUT2D eigenvalue weighted by Gasteiger charge is 2.31. The SMILES string of the molecule is CCn1ncc(/C=C2/NC(=S)N(Cc3ccco3)C2=O)c1C. The maximum absolute atomic E-state index is 12.5. The smallest absolute Gasteiger partial charge is 0.276 e. The van der Waals surface area contributed by atoms with Crippen molar-refractivity contribution >= 4 is 29.3 Å². The van der Waals surface area contributed by atoms with E-state index in [0.717, 1.165) is 17.8 Å². The summed E-state index contributed by atoms with van der Waals surface area (Å²) in [6.45, 7) is 5.11. The Hall–Kier alpha value is -2.41. The van der Waals surface area contributed by atoms with Crippen LogP contribution in [-0.4, -0.2) is 25.7 Å². The van der Waals surface area contributed by atoms with Crippen molar-refractivity contribution in [2.45, 2.75) is 26.9 Å². The molecule has 0 spiro atoms. The molecule has 0 aliphatic carbocycles. The number of carbonyl (C=O) groups excluding carboxylic acids is 1. The predicted octanol–water partition coefficient (Wildman–Crippen LogP) is 2.06. The molecule has 3 heterocycles. The largest absolute Gasteiger partial charge is 0.467 e. The monoisotopic (exact) mass is 316 g/mol. The molecule has 1 N–H and O–H groups in total. The highest BCUT2D eigenvalue weighted by Crippen LogP contribution is 2.18. The molecule has 114 valence electrons. The second-order valence-electron chi connectivity index (χ2n) is 4.96. The summed E-state index contributed by atoms with van der Waals surface area (Å²) >= 11 is 5.24. The van der Waals surface area contributed by atoms with E-state index in [2.05, 4.69) is 10.4 Å². The molecule has 2 aromatic heterocycles. The Kier molecular flexibility index (Phi) is 3.81. The lowest BCUT2D eigenvalue weighted by atomic mass is 10.2. The third-order valence-corrected chi connectivity index (χ3v) is 3.92. The molecule has 1 amide bonds. The molecule has 1 saturated heterocycles. The van der Waals surface area contributed by atoms with Crippen LogP contribution in [0, 0.1) is 6.92 Å². The van der Waals surface area contributed by atoms with E-state index in [1.54, 1.807) is 24.6 Å². The standard InChI is InChI=1S/C15H16N4O2S/c1-3-19-10(2)11(8-16-19)7-13-14(20)18(15(22)17-13)9-12-5-4-6-21-12/h4-8H,3,9H2,1-2H3,(H,17,22)/b13-7+. The van der Waals surface area contributed by atoms with Crippen LogP contribution in [0.25, 0.3) is 6.08 Å². The quantitative estimate of drug-likeness (QED) is 0.691. The van der Waals surface area contributed by atoms with Crippen molar-refractivity contribution in [1.82, 2.24) is 20.0 Å². The van der Waals surface area contributed by atoms with Crippen molar-refractivity contribution in [3.8, 4) is 0 Å². The summed E-state index contributed by atoms with van der Waals surface area (Å²) in [5.74, 6) is 0.527. The molecular weight excluding hydrogens is 300 g/mol. The average molecular weight is 316 g/mol. The van der Waals surface area contributed by atoms with Crippen LogP contribution in [0.1, 0.15) is 23.9 Å². The van der Waals surface area contributed by atoms with Crippen LogP contribution in [0.4, 0.5) is 0 Å². The van der Waals surface area contributed by atoms with Crippen molar-refractivity contribution in [3.63, 3.8) is 0 Å². The lowest BCUT2D eigenvalue weighted by Gasteiger charge is -2.11. The molecule has 7 heteroatoms. The number of rotatable bonds is 4. The van der Waals surface area contributed by atoms with E-state index in [1.807, 2.05) is 24.6 Å². The number of furan rings is 1. The van der Waals surface area contributed by atoms with Crippen molar-refractivity contribution in [1.29, 1.82) is 0 Å². The first kappa shape index (κ1) is 14.5. The van der Waals surface area contributed by atoms with E-state index in [-0.39, 0.29) is 5.91 Å². The molecule has 1 aliphatic rings. The second-order valence-corrected chi connectivity index (χ2v) is 5.35. The lowest BCUT2D eigenvalue weighted by molar-refractivity contribution is -0.122. The maximum Gasteiger partial charge on any atom is 0.276 e. The minimum Gasteiger partial charge on any atom is -0.467 e. The number of aromatic nitrogens is 2. The van der Waals surface area contributed by atoms with Crippen LogP contribution in [0.15, 0.2) is 34.7 Å². The van der Waals surface area contributed by atoms with Crippen molar-refractivity contribution in [3.05, 3.63) is 47.3 Å². The van der Waals surface area contributed by atoms with Crippen molar-refractivity contribution < 1.29 is 9.21 Å². The van der Waals surface area contributed by atoms with Crippen LogP contribution >= 0.6 is 12.2 Å². The number of hydrogen-bond acceptors (Lipinski definition) is 4. The first-order valence-corrected chi connectivity index (χ1v) is 7.40. The molecular formula is C15H16N4O2S. The number of nitrogens with one attached hydrogen (secondary N) is 1. The Bertz CT molecular complexity index is 746. The summed E-state index contributed by atoms with van der Waals surface area (Å²) in [5.41, 5.74) is 2.37. The number of carbonyl (C=O) groups is 1. The van der Waals surface area contributed by atoms with Gasteiger partial charge in [-0.1, -0.05) is 0 Å². The molecule has 3 rings (SSSR count). The zero-order chi connectivity index (χ0) is 15.7. The number of aryl methyl sites for hydroxylation is 1. The van der Waals surface area contributed by atoms with E-state index in [1.165, 1.54) is 4.90 Å². The zero-order valence-corrected chi connectivity index (χ0v) is 13.2. The Morgan fingerprint density at radius 1 is 1.50 bits per heavy atom. The van der Waals surface area contributed by atoms with Gasteiger partial charge in [-0.25, -0.2) is 0 Å².